The number of ether oxygens (including phenoxy) is 3. The van der Waals surface area contributed by atoms with Gasteiger partial charge in [-0.15, -0.1) is 0 Å². The maximum Gasteiger partial charge on any atom is 0.246 e. The molecule has 0 aliphatic heterocycles. The molecule has 2 amide bonds. The van der Waals surface area contributed by atoms with E-state index in [1.165, 1.54) is 0 Å². The van der Waals surface area contributed by atoms with Gasteiger partial charge in [-0.2, -0.15) is 0 Å². The third-order valence-corrected chi connectivity index (χ3v) is 3.31. The molecule has 0 aromatic rings. The van der Waals surface area contributed by atoms with Crippen LogP contribution >= 0.6 is 0 Å². The fourth-order valence-electron chi connectivity index (χ4n) is 1.71. The van der Waals surface area contributed by atoms with E-state index in [2.05, 4.69) is 17.2 Å². The summed E-state index contributed by atoms with van der Waals surface area (Å²) >= 11 is 0. The van der Waals surface area contributed by atoms with Crippen LogP contribution in [0, 0.1) is 5.41 Å². The molecule has 0 spiro atoms. The van der Waals surface area contributed by atoms with Crippen molar-refractivity contribution < 1.29 is 23.8 Å². The molecule has 7 nitrogen and oxygen atoms in total. The molecular weight excluding hydrogens is 336 g/mol. The zero-order valence-corrected chi connectivity index (χ0v) is 16.8. The van der Waals surface area contributed by atoms with Gasteiger partial charge < -0.3 is 24.8 Å². The molecule has 0 heterocycles. The molecule has 7 heteroatoms. The maximum absolute atomic E-state index is 11.6. The number of hydrogen-bond donors (Lipinski definition) is 2. The number of carbonyl (C=O) groups excluding carboxylic acids is 2. The van der Waals surface area contributed by atoms with Crippen molar-refractivity contribution in [3.05, 3.63) is 12.2 Å². The van der Waals surface area contributed by atoms with Crippen molar-refractivity contribution in [2.75, 3.05) is 52.7 Å². The van der Waals surface area contributed by atoms with Gasteiger partial charge in [0.1, 0.15) is 0 Å². The lowest BCUT2D eigenvalue weighted by Crippen LogP contribution is -2.35. The fraction of sp³-hybridized carbons (Fsp3) is 0.789. The van der Waals surface area contributed by atoms with Crippen LogP contribution in [0.15, 0.2) is 12.2 Å². The minimum Gasteiger partial charge on any atom is -0.379 e. The van der Waals surface area contributed by atoms with Crippen molar-refractivity contribution in [2.45, 2.75) is 40.5 Å². The van der Waals surface area contributed by atoms with Gasteiger partial charge >= 0.3 is 0 Å². The van der Waals surface area contributed by atoms with Gasteiger partial charge in [0.25, 0.3) is 0 Å². The largest absolute Gasteiger partial charge is 0.379 e. The van der Waals surface area contributed by atoms with Gasteiger partial charge in [0.15, 0.2) is 0 Å². The van der Waals surface area contributed by atoms with Gasteiger partial charge in [0, 0.05) is 37.3 Å². The van der Waals surface area contributed by atoms with Crippen LogP contribution in [-0.4, -0.2) is 64.5 Å². The minimum absolute atomic E-state index is 0.0547. The van der Waals surface area contributed by atoms with Gasteiger partial charge in [-0.1, -0.05) is 27.4 Å². The highest BCUT2D eigenvalue weighted by atomic mass is 16.5. The van der Waals surface area contributed by atoms with Gasteiger partial charge in [-0.3, -0.25) is 9.59 Å². The second kappa shape index (κ2) is 14.7. The van der Waals surface area contributed by atoms with Crippen LogP contribution in [0.2, 0.25) is 0 Å². The molecule has 2 N–H and O–H groups in total. The van der Waals surface area contributed by atoms with E-state index in [0.717, 1.165) is 12.8 Å². The molecule has 0 rings (SSSR count). The molecule has 0 fully saturated rings. The topological polar surface area (TPSA) is 85.9 Å². The lowest BCUT2D eigenvalue weighted by molar-refractivity contribution is -0.128. The molecule has 26 heavy (non-hydrogen) atoms. The Kier molecular flexibility index (Phi) is 13.9. The summed E-state index contributed by atoms with van der Waals surface area (Å²) in [6.45, 7) is 15.4. The molecule has 0 unspecified atom stereocenters. The van der Waals surface area contributed by atoms with Crippen molar-refractivity contribution >= 4 is 11.8 Å². The number of rotatable bonds is 15. The minimum atomic E-state index is -0.352. The standard InChI is InChI=1S/C19H36N2O5/c1-16(2)17(22)20-8-6-10-24-12-14-26-15-13-25-11-7-9-21-18(23)19(3,4)5/h1,6-15H2,2-5H3,(H,20,22)(H,21,23). The van der Waals surface area contributed by atoms with E-state index in [4.69, 9.17) is 14.2 Å². The van der Waals surface area contributed by atoms with E-state index < -0.39 is 0 Å². The van der Waals surface area contributed by atoms with Crippen LogP contribution in [0.4, 0.5) is 0 Å². The van der Waals surface area contributed by atoms with Crippen molar-refractivity contribution in [2.24, 2.45) is 5.41 Å². The Morgan fingerprint density at radius 1 is 0.808 bits per heavy atom. The van der Waals surface area contributed by atoms with Gasteiger partial charge in [0.05, 0.1) is 26.4 Å². The second-order valence-corrected chi connectivity index (χ2v) is 7.09. The molecule has 152 valence electrons. The fourth-order valence-corrected chi connectivity index (χ4v) is 1.71. The number of carbonyl (C=O) groups is 2. The number of amides is 2. The average molecular weight is 373 g/mol. The molecule has 0 bridgehead atoms. The summed E-state index contributed by atoms with van der Waals surface area (Å²) in [6, 6.07) is 0. The summed E-state index contributed by atoms with van der Waals surface area (Å²) in [5, 5.41) is 5.63. The van der Waals surface area contributed by atoms with E-state index >= 15 is 0 Å². The average Bonchev–Trinajstić information content (AvgIpc) is 2.56. The molecular formula is C19H36N2O5. The molecule has 0 saturated carbocycles. The first-order chi connectivity index (χ1) is 12.2. The van der Waals surface area contributed by atoms with Crippen LogP contribution in [0.25, 0.3) is 0 Å². The van der Waals surface area contributed by atoms with Gasteiger partial charge in [-0.25, -0.2) is 0 Å². The van der Waals surface area contributed by atoms with Crippen molar-refractivity contribution in [1.29, 1.82) is 0 Å². The SMILES string of the molecule is C=C(C)C(=O)NCCCOCCOCCOCCCNC(=O)C(C)(C)C. The first kappa shape index (κ1) is 24.6. The van der Waals surface area contributed by atoms with E-state index in [1.807, 2.05) is 20.8 Å². The Labute approximate surface area is 157 Å². The summed E-state index contributed by atoms with van der Waals surface area (Å²) in [5.41, 5.74) is 0.159. The lowest BCUT2D eigenvalue weighted by Gasteiger charge is -2.17. The summed E-state index contributed by atoms with van der Waals surface area (Å²) in [6.07, 6.45) is 1.54. The zero-order chi connectivity index (χ0) is 19.8. The molecule has 0 aromatic heterocycles. The van der Waals surface area contributed by atoms with E-state index in [1.54, 1.807) is 6.92 Å². The third kappa shape index (κ3) is 14.9. The highest BCUT2D eigenvalue weighted by molar-refractivity contribution is 5.92. The Hall–Kier alpha value is -1.44. The van der Waals surface area contributed by atoms with Crippen molar-refractivity contribution in [1.82, 2.24) is 10.6 Å². The van der Waals surface area contributed by atoms with Crippen molar-refractivity contribution in [3.8, 4) is 0 Å². The van der Waals surface area contributed by atoms with E-state index in [0.29, 0.717) is 58.3 Å². The number of hydrogen-bond acceptors (Lipinski definition) is 5. The van der Waals surface area contributed by atoms with Crippen LogP contribution in [-0.2, 0) is 23.8 Å². The highest BCUT2D eigenvalue weighted by Gasteiger charge is 2.19. The molecule has 0 saturated heterocycles. The Morgan fingerprint density at radius 3 is 1.65 bits per heavy atom. The molecule has 0 radical (unpaired) electrons. The van der Waals surface area contributed by atoms with Gasteiger partial charge in [-0.05, 0) is 19.8 Å². The molecule has 0 aromatic carbocycles. The van der Waals surface area contributed by atoms with E-state index in [-0.39, 0.29) is 17.2 Å². The van der Waals surface area contributed by atoms with Crippen LogP contribution in [0.5, 0.6) is 0 Å². The molecule has 0 aliphatic rings. The smallest absolute Gasteiger partial charge is 0.246 e. The normalized spacial score (nSPS) is 11.2. The predicted octanol–water partition coefficient (Wildman–Crippen LogP) is 1.67. The Bertz CT molecular complexity index is 419. The zero-order valence-electron chi connectivity index (χ0n) is 16.8. The first-order valence-electron chi connectivity index (χ1n) is 9.20. The van der Waals surface area contributed by atoms with Gasteiger partial charge in [0.2, 0.25) is 11.8 Å². The summed E-state index contributed by atoms with van der Waals surface area (Å²) in [5.74, 6) is -0.0658. The maximum atomic E-state index is 11.6. The van der Waals surface area contributed by atoms with Crippen LogP contribution < -0.4 is 10.6 Å². The second-order valence-electron chi connectivity index (χ2n) is 7.09. The summed E-state index contributed by atoms with van der Waals surface area (Å²) in [7, 11) is 0. The Morgan fingerprint density at radius 2 is 1.23 bits per heavy atom. The van der Waals surface area contributed by atoms with Crippen LogP contribution in [0.1, 0.15) is 40.5 Å². The number of nitrogens with one attached hydrogen (secondary N) is 2. The third-order valence-electron chi connectivity index (χ3n) is 3.31. The molecule has 0 atom stereocenters. The van der Waals surface area contributed by atoms with E-state index in [9.17, 15) is 9.59 Å². The Balaban J connectivity index is 3.22. The lowest BCUT2D eigenvalue weighted by atomic mass is 9.96. The highest BCUT2D eigenvalue weighted by Crippen LogP contribution is 2.11. The van der Waals surface area contributed by atoms with Crippen molar-refractivity contribution in [3.63, 3.8) is 0 Å². The quantitative estimate of drug-likeness (QED) is 0.337. The monoisotopic (exact) mass is 372 g/mol. The summed E-state index contributed by atoms with van der Waals surface area (Å²) in [4.78, 5) is 22.9. The first-order valence-corrected chi connectivity index (χ1v) is 9.20. The van der Waals surface area contributed by atoms with Crippen LogP contribution in [0.3, 0.4) is 0 Å². The molecule has 0 aliphatic carbocycles. The predicted molar refractivity (Wildman–Crippen MR) is 102 cm³/mol. The summed E-state index contributed by atoms with van der Waals surface area (Å²) < 4.78 is 16.2.